The van der Waals surface area contributed by atoms with Crippen molar-refractivity contribution in [3.63, 3.8) is 0 Å². The summed E-state index contributed by atoms with van der Waals surface area (Å²) in [5, 5.41) is 3.45. The first kappa shape index (κ1) is 17.3. The van der Waals surface area contributed by atoms with Gasteiger partial charge in [-0.3, -0.25) is 9.71 Å². The van der Waals surface area contributed by atoms with Crippen LogP contribution in [0.1, 0.15) is 5.56 Å². The van der Waals surface area contributed by atoms with Crippen LogP contribution >= 0.6 is 11.6 Å². The number of pyridine rings is 1. The van der Waals surface area contributed by atoms with Gasteiger partial charge in [-0.25, -0.2) is 8.42 Å². The van der Waals surface area contributed by atoms with Crippen LogP contribution in [0, 0.1) is 0 Å². The van der Waals surface area contributed by atoms with E-state index in [4.69, 9.17) is 11.6 Å². The second-order valence-electron chi connectivity index (χ2n) is 5.32. The maximum Gasteiger partial charge on any atom is 0.263 e. The van der Waals surface area contributed by atoms with Crippen molar-refractivity contribution in [1.82, 2.24) is 4.98 Å². The average Bonchev–Trinajstić information content (AvgIpc) is 2.62. The summed E-state index contributed by atoms with van der Waals surface area (Å²) >= 11 is 5.97. The van der Waals surface area contributed by atoms with Gasteiger partial charge in [-0.15, -0.1) is 0 Å². The Kier molecular flexibility index (Phi) is 5.21. The Hall–Kier alpha value is -2.57. The van der Waals surface area contributed by atoms with Gasteiger partial charge in [-0.2, -0.15) is 0 Å². The Morgan fingerprint density at radius 2 is 1.52 bits per heavy atom. The molecule has 0 atom stereocenters. The van der Waals surface area contributed by atoms with Crippen molar-refractivity contribution in [2.75, 3.05) is 10.0 Å². The summed E-state index contributed by atoms with van der Waals surface area (Å²) in [5.74, 6) is 0. The smallest absolute Gasteiger partial charge is 0.263 e. The monoisotopic (exact) mass is 373 g/mol. The van der Waals surface area contributed by atoms with Crippen molar-refractivity contribution in [2.45, 2.75) is 11.4 Å². The Bertz CT molecular complexity index is 946. The molecule has 0 aliphatic heterocycles. The number of anilines is 2. The average molecular weight is 374 g/mol. The maximum atomic E-state index is 12.4. The molecule has 0 spiro atoms. The summed E-state index contributed by atoms with van der Waals surface area (Å²) in [4.78, 5) is 4.03. The third-order valence-corrected chi connectivity index (χ3v) is 5.39. The van der Waals surface area contributed by atoms with Crippen LogP contribution in [-0.2, 0) is 16.6 Å². The highest BCUT2D eigenvalue weighted by Crippen LogP contribution is 2.24. The molecule has 0 aliphatic carbocycles. The molecule has 0 fully saturated rings. The Balaban J connectivity index is 1.67. The van der Waals surface area contributed by atoms with Crippen LogP contribution in [0.3, 0.4) is 0 Å². The van der Waals surface area contributed by atoms with Gasteiger partial charge in [-0.05, 0) is 54.1 Å². The lowest BCUT2D eigenvalue weighted by Gasteiger charge is -2.11. The molecule has 0 amide bonds. The Morgan fingerprint density at radius 1 is 0.880 bits per heavy atom. The van der Waals surface area contributed by atoms with Crippen molar-refractivity contribution < 1.29 is 8.42 Å². The van der Waals surface area contributed by atoms with Crippen molar-refractivity contribution in [3.05, 3.63) is 83.6 Å². The first-order valence-electron chi connectivity index (χ1n) is 7.55. The number of nitrogens with one attached hydrogen (secondary N) is 2. The fraction of sp³-hybridized carbons (Fsp3) is 0.0556. The summed E-state index contributed by atoms with van der Waals surface area (Å²) in [5.41, 5.74) is 2.46. The molecule has 0 saturated carbocycles. The van der Waals surface area contributed by atoms with Gasteiger partial charge in [0.2, 0.25) is 0 Å². The van der Waals surface area contributed by atoms with Crippen LogP contribution in [0.5, 0.6) is 0 Å². The second-order valence-corrected chi connectivity index (χ2v) is 7.38. The molecule has 5 nitrogen and oxygen atoms in total. The normalized spacial score (nSPS) is 11.1. The highest BCUT2D eigenvalue weighted by atomic mass is 35.5. The lowest BCUT2D eigenvalue weighted by molar-refractivity contribution is 0.601. The Morgan fingerprint density at radius 3 is 2.20 bits per heavy atom. The number of halogens is 1. The highest BCUT2D eigenvalue weighted by Gasteiger charge is 2.17. The van der Waals surface area contributed by atoms with Crippen molar-refractivity contribution in [1.29, 1.82) is 0 Å². The fourth-order valence-electron chi connectivity index (χ4n) is 2.23. The minimum absolute atomic E-state index is 0.0524. The number of hydrogen-bond donors (Lipinski definition) is 2. The first-order valence-corrected chi connectivity index (χ1v) is 9.41. The van der Waals surface area contributed by atoms with Crippen molar-refractivity contribution in [2.24, 2.45) is 0 Å². The minimum atomic E-state index is -3.72. The van der Waals surface area contributed by atoms with E-state index in [9.17, 15) is 8.42 Å². The van der Waals surface area contributed by atoms with E-state index in [1.807, 2.05) is 24.3 Å². The number of nitrogens with zero attached hydrogens (tertiary/aromatic N) is 1. The largest absolute Gasteiger partial charge is 0.381 e. The van der Waals surface area contributed by atoms with Crippen LogP contribution in [0.2, 0.25) is 5.02 Å². The number of rotatable bonds is 6. The van der Waals surface area contributed by atoms with E-state index < -0.39 is 10.0 Å². The predicted molar refractivity (Wildman–Crippen MR) is 100 cm³/mol. The molecular weight excluding hydrogens is 358 g/mol. The van der Waals surface area contributed by atoms with Crippen LogP contribution < -0.4 is 10.0 Å². The zero-order valence-electron chi connectivity index (χ0n) is 13.2. The molecule has 7 heteroatoms. The van der Waals surface area contributed by atoms with Crippen LogP contribution in [0.15, 0.2) is 78.0 Å². The zero-order valence-corrected chi connectivity index (χ0v) is 14.8. The summed E-state index contributed by atoms with van der Waals surface area (Å²) in [7, 11) is -3.72. The van der Waals surface area contributed by atoms with Gasteiger partial charge in [0.15, 0.2) is 0 Å². The molecular formula is C18H16ClN3O2S. The van der Waals surface area contributed by atoms with E-state index in [1.165, 1.54) is 6.07 Å². The number of hydrogen-bond acceptors (Lipinski definition) is 4. The van der Waals surface area contributed by atoms with E-state index in [1.54, 1.807) is 42.7 Å². The minimum Gasteiger partial charge on any atom is -0.381 e. The number of aromatic nitrogens is 1. The van der Waals surface area contributed by atoms with Crippen LogP contribution in [0.4, 0.5) is 11.4 Å². The zero-order chi connectivity index (χ0) is 17.7. The standard InChI is InChI=1S/C18H16ClN3O2S/c19-17-3-1-2-4-18(17)25(23,24)22-16-7-5-15(6-8-16)21-13-14-9-11-20-12-10-14/h1-12,21-22H,13H2. The molecule has 1 heterocycles. The molecule has 1 aromatic heterocycles. The summed E-state index contributed by atoms with van der Waals surface area (Å²) in [6.45, 7) is 0.660. The van der Waals surface area contributed by atoms with Crippen molar-refractivity contribution in [3.8, 4) is 0 Å². The quantitative estimate of drug-likeness (QED) is 0.681. The van der Waals surface area contributed by atoms with Gasteiger partial charge in [0.25, 0.3) is 10.0 Å². The SMILES string of the molecule is O=S(=O)(Nc1ccc(NCc2ccncc2)cc1)c1ccccc1Cl. The van der Waals surface area contributed by atoms with E-state index >= 15 is 0 Å². The van der Waals surface area contributed by atoms with Crippen LogP contribution in [0.25, 0.3) is 0 Å². The molecule has 0 aliphatic rings. The summed E-state index contributed by atoms with van der Waals surface area (Å²) < 4.78 is 27.3. The van der Waals surface area contributed by atoms with Gasteiger partial charge in [-0.1, -0.05) is 23.7 Å². The van der Waals surface area contributed by atoms with E-state index in [0.29, 0.717) is 12.2 Å². The molecule has 2 N–H and O–H groups in total. The molecule has 3 rings (SSSR count). The molecule has 25 heavy (non-hydrogen) atoms. The Labute approximate surface area is 151 Å². The summed E-state index contributed by atoms with van der Waals surface area (Å²) in [6.07, 6.45) is 3.48. The van der Waals surface area contributed by atoms with E-state index in [0.717, 1.165) is 11.3 Å². The molecule has 0 radical (unpaired) electrons. The third kappa shape index (κ3) is 4.49. The molecule has 128 valence electrons. The van der Waals surface area contributed by atoms with Gasteiger partial charge in [0.1, 0.15) is 4.90 Å². The molecule has 0 unspecified atom stereocenters. The topological polar surface area (TPSA) is 71.1 Å². The fourth-order valence-corrected chi connectivity index (χ4v) is 3.81. The molecule has 2 aromatic carbocycles. The van der Waals surface area contributed by atoms with Crippen molar-refractivity contribution >= 4 is 33.0 Å². The maximum absolute atomic E-state index is 12.4. The highest BCUT2D eigenvalue weighted by molar-refractivity contribution is 7.92. The first-order chi connectivity index (χ1) is 12.0. The predicted octanol–water partition coefficient (Wildman–Crippen LogP) is 4.15. The molecule has 3 aromatic rings. The van der Waals surface area contributed by atoms with Gasteiger partial charge in [0, 0.05) is 30.3 Å². The van der Waals surface area contributed by atoms with Gasteiger partial charge >= 0.3 is 0 Å². The lowest BCUT2D eigenvalue weighted by Crippen LogP contribution is -2.13. The lowest BCUT2D eigenvalue weighted by atomic mass is 10.2. The second kappa shape index (κ2) is 7.55. The van der Waals surface area contributed by atoms with E-state index in [-0.39, 0.29) is 9.92 Å². The summed E-state index contributed by atoms with van der Waals surface area (Å²) in [6, 6.07) is 17.2. The van der Waals surface area contributed by atoms with Gasteiger partial charge in [0.05, 0.1) is 5.02 Å². The third-order valence-electron chi connectivity index (χ3n) is 3.51. The number of sulfonamides is 1. The number of benzene rings is 2. The van der Waals surface area contributed by atoms with Gasteiger partial charge < -0.3 is 5.32 Å². The van der Waals surface area contributed by atoms with Crippen LogP contribution in [-0.4, -0.2) is 13.4 Å². The molecule has 0 saturated heterocycles. The molecule has 0 bridgehead atoms. The van der Waals surface area contributed by atoms with E-state index in [2.05, 4.69) is 15.0 Å².